The van der Waals surface area contributed by atoms with Gasteiger partial charge in [-0.3, -0.25) is 4.79 Å². The summed E-state index contributed by atoms with van der Waals surface area (Å²) in [6, 6.07) is 3.13. The highest BCUT2D eigenvalue weighted by molar-refractivity contribution is 6.00. The van der Waals surface area contributed by atoms with Gasteiger partial charge in [0.05, 0.1) is 29.9 Å². The largest absolute Gasteiger partial charge is 0.465 e. The topological polar surface area (TPSA) is 67.2 Å². The van der Waals surface area contributed by atoms with Gasteiger partial charge in [0.1, 0.15) is 0 Å². The van der Waals surface area contributed by atoms with Crippen molar-refractivity contribution in [1.29, 1.82) is 5.26 Å². The molecule has 0 saturated carbocycles. The van der Waals surface area contributed by atoms with Crippen LogP contribution in [0.5, 0.6) is 0 Å². The van der Waals surface area contributed by atoms with Crippen LogP contribution in [0.25, 0.3) is 0 Å². The third-order valence-electron chi connectivity index (χ3n) is 2.16. The van der Waals surface area contributed by atoms with Gasteiger partial charge < -0.3 is 4.74 Å². The van der Waals surface area contributed by atoms with Crippen molar-refractivity contribution in [3.63, 3.8) is 0 Å². The minimum atomic E-state index is -4.94. The van der Waals surface area contributed by atoms with Crippen molar-refractivity contribution in [1.82, 2.24) is 0 Å². The van der Waals surface area contributed by atoms with E-state index in [2.05, 4.69) is 4.74 Å². The number of nitriles is 1. The van der Waals surface area contributed by atoms with E-state index in [-0.39, 0.29) is 6.29 Å². The lowest BCUT2D eigenvalue weighted by Gasteiger charge is -2.14. The highest BCUT2D eigenvalue weighted by Crippen LogP contribution is 2.36. The Morgan fingerprint density at radius 2 is 2.06 bits per heavy atom. The molecule has 0 bridgehead atoms. The van der Waals surface area contributed by atoms with Crippen molar-refractivity contribution in [2.24, 2.45) is 0 Å². The van der Waals surface area contributed by atoms with Gasteiger partial charge in [-0.15, -0.1) is 0 Å². The second-order valence-corrected chi connectivity index (χ2v) is 3.17. The van der Waals surface area contributed by atoms with Crippen molar-refractivity contribution < 1.29 is 27.5 Å². The Bertz CT molecular complexity index is 544. The van der Waals surface area contributed by atoms with Gasteiger partial charge in [-0.05, 0) is 12.1 Å². The number of hydrogen-bond donors (Lipinski definition) is 0. The zero-order valence-corrected chi connectivity index (χ0v) is 9.04. The Morgan fingerprint density at radius 1 is 1.44 bits per heavy atom. The number of aldehydes is 1. The van der Waals surface area contributed by atoms with Gasteiger partial charge in [-0.2, -0.15) is 18.4 Å². The average molecular weight is 257 g/mol. The zero-order valence-electron chi connectivity index (χ0n) is 9.04. The second kappa shape index (κ2) is 4.87. The predicted molar refractivity (Wildman–Crippen MR) is 52.9 cm³/mol. The Morgan fingerprint density at radius 3 is 2.44 bits per heavy atom. The van der Waals surface area contributed by atoms with Crippen LogP contribution < -0.4 is 0 Å². The smallest absolute Gasteiger partial charge is 0.418 e. The molecule has 18 heavy (non-hydrogen) atoms. The fraction of sp³-hybridized carbons (Fsp3) is 0.182. The number of esters is 1. The average Bonchev–Trinajstić information content (AvgIpc) is 2.34. The molecular weight excluding hydrogens is 251 g/mol. The summed E-state index contributed by atoms with van der Waals surface area (Å²) in [7, 11) is 0.885. The lowest BCUT2D eigenvalue weighted by molar-refractivity contribution is -0.138. The third kappa shape index (κ3) is 2.32. The van der Waals surface area contributed by atoms with Crippen LogP contribution in [-0.4, -0.2) is 19.4 Å². The summed E-state index contributed by atoms with van der Waals surface area (Å²) in [5, 5.41) is 8.63. The number of carbonyl (C=O) groups excluding carboxylic acids is 2. The fourth-order valence-electron chi connectivity index (χ4n) is 1.43. The van der Waals surface area contributed by atoms with Crippen molar-refractivity contribution in [2.75, 3.05) is 7.11 Å². The summed E-state index contributed by atoms with van der Waals surface area (Å²) in [5.41, 5.74) is -3.62. The Balaban J connectivity index is 3.77. The third-order valence-corrected chi connectivity index (χ3v) is 2.16. The first-order valence-electron chi connectivity index (χ1n) is 4.54. The van der Waals surface area contributed by atoms with Crippen LogP contribution in [0.4, 0.5) is 13.2 Å². The minimum Gasteiger partial charge on any atom is -0.465 e. The Kier molecular flexibility index (Phi) is 3.71. The van der Waals surface area contributed by atoms with E-state index in [0.717, 1.165) is 19.2 Å². The van der Waals surface area contributed by atoms with Crippen molar-refractivity contribution >= 4 is 12.3 Å². The summed E-state index contributed by atoms with van der Waals surface area (Å²) in [4.78, 5) is 22.0. The van der Waals surface area contributed by atoms with Crippen LogP contribution in [0, 0.1) is 11.3 Å². The van der Waals surface area contributed by atoms with Crippen molar-refractivity contribution in [3.8, 4) is 6.07 Å². The molecule has 1 rings (SSSR count). The first-order chi connectivity index (χ1) is 8.36. The van der Waals surface area contributed by atoms with Crippen molar-refractivity contribution in [3.05, 3.63) is 34.4 Å². The molecule has 4 nitrogen and oxygen atoms in total. The molecule has 0 radical (unpaired) electrons. The first-order valence-corrected chi connectivity index (χ1v) is 4.54. The Hall–Kier alpha value is -2.36. The van der Waals surface area contributed by atoms with E-state index < -0.39 is 34.4 Å². The van der Waals surface area contributed by atoms with E-state index >= 15 is 0 Å². The maximum Gasteiger partial charge on any atom is 0.418 e. The molecule has 0 N–H and O–H groups in total. The maximum atomic E-state index is 12.8. The lowest BCUT2D eigenvalue weighted by atomic mass is 9.96. The number of benzene rings is 1. The molecule has 7 heteroatoms. The summed E-state index contributed by atoms with van der Waals surface area (Å²) in [6.45, 7) is 0. The summed E-state index contributed by atoms with van der Waals surface area (Å²) in [5.74, 6) is -1.32. The van der Waals surface area contributed by atoms with Gasteiger partial charge in [0.25, 0.3) is 0 Å². The molecule has 94 valence electrons. The molecule has 1 aromatic carbocycles. The molecule has 0 fully saturated rings. The van der Waals surface area contributed by atoms with Crippen LogP contribution in [0.3, 0.4) is 0 Å². The molecule has 0 aliphatic rings. The Labute approximate surface area is 99.6 Å². The van der Waals surface area contributed by atoms with Crippen molar-refractivity contribution in [2.45, 2.75) is 6.18 Å². The number of rotatable bonds is 2. The number of methoxy groups -OCH3 is 1. The minimum absolute atomic E-state index is 0.0998. The van der Waals surface area contributed by atoms with E-state index in [9.17, 15) is 22.8 Å². The first kappa shape index (κ1) is 13.7. The number of halogens is 3. The highest BCUT2D eigenvalue weighted by atomic mass is 19.4. The fourth-order valence-corrected chi connectivity index (χ4v) is 1.43. The van der Waals surface area contributed by atoms with Gasteiger partial charge in [0.2, 0.25) is 0 Å². The van der Waals surface area contributed by atoms with E-state index in [1.54, 1.807) is 0 Å². The quantitative estimate of drug-likeness (QED) is 0.601. The van der Waals surface area contributed by atoms with Crippen LogP contribution >= 0.6 is 0 Å². The van der Waals surface area contributed by atoms with Crippen LogP contribution in [0.2, 0.25) is 0 Å². The van der Waals surface area contributed by atoms with Crippen LogP contribution in [0.1, 0.15) is 31.8 Å². The van der Waals surface area contributed by atoms with Crippen LogP contribution in [-0.2, 0) is 10.9 Å². The monoisotopic (exact) mass is 257 g/mol. The number of ether oxygens (including phenoxy) is 1. The standard InChI is InChI=1S/C11H6F3NO3/c1-18-10(17)8-7(5-16)3-2-6(4-15)9(8)11(12,13)14/h2-3,5H,1H3. The normalized spacial score (nSPS) is 10.6. The van der Waals surface area contributed by atoms with E-state index in [4.69, 9.17) is 5.26 Å². The summed E-state index contributed by atoms with van der Waals surface area (Å²) >= 11 is 0. The molecule has 0 spiro atoms. The maximum absolute atomic E-state index is 12.8. The molecular formula is C11H6F3NO3. The number of nitrogens with zero attached hydrogens (tertiary/aromatic N) is 1. The number of carbonyl (C=O) groups is 2. The summed E-state index contributed by atoms with van der Waals surface area (Å²) in [6.07, 6.45) is -4.84. The molecule has 1 aromatic rings. The molecule has 0 aromatic heterocycles. The van der Waals surface area contributed by atoms with Gasteiger partial charge in [-0.25, -0.2) is 4.79 Å². The van der Waals surface area contributed by atoms with Gasteiger partial charge in [-0.1, -0.05) is 0 Å². The van der Waals surface area contributed by atoms with Gasteiger partial charge in [0.15, 0.2) is 6.29 Å². The van der Waals surface area contributed by atoms with Gasteiger partial charge >= 0.3 is 12.1 Å². The second-order valence-electron chi connectivity index (χ2n) is 3.17. The van der Waals surface area contributed by atoms with Crippen LogP contribution in [0.15, 0.2) is 12.1 Å². The number of hydrogen-bond acceptors (Lipinski definition) is 4. The van der Waals surface area contributed by atoms with E-state index in [1.807, 2.05) is 0 Å². The predicted octanol–water partition coefficient (Wildman–Crippen LogP) is 2.18. The molecule has 0 unspecified atom stereocenters. The van der Waals surface area contributed by atoms with Gasteiger partial charge in [0, 0.05) is 5.56 Å². The SMILES string of the molecule is COC(=O)c1c(C=O)ccc(C#N)c1C(F)(F)F. The lowest BCUT2D eigenvalue weighted by Crippen LogP contribution is -2.18. The molecule has 0 saturated heterocycles. The zero-order chi connectivity index (χ0) is 13.9. The van der Waals surface area contributed by atoms with E-state index in [1.165, 1.54) is 6.07 Å². The molecule has 0 amide bonds. The van der Waals surface area contributed by atoms with E-state index in [0.29, 0.717) is 0 Å². The summed E-state index contributed by atoms with van der Waals surface area (Å²) < 4.78 is 42.7. The number of alkyl halides is 3. The molecule has 0 aliphatic heterocycles. The molecule has 0 atom stereocenters. The molecule has 0 heterocycles. The molecule has 0 aliphatic carbocycles. The highest BCUT2D eigenvalue weighted by Gasteiger charge is 2.39.